The number of ether oxygens (including phenoxy) is 1. The molecule has 3 heterocycles. The van der Waals surface area contributed by atoms with Gasteiger partial charge in [0.2, 0.25) is 11.5 Å². The molecule has 9 nitrogen and oxygen atoms in total. The molecule has 0 atom stereocenters. The normalized spacial score (nSPS) is 14.6. The first-order valence-electron chi connectivity index (χ1n) is 12.5. The van der Waals surface area contributed by atoms with Crippen LogP contribution in [-0.4, -0.2) is 98.1 Å². The van der Waals surface area contributed by atoms with Crippen LogP contribution in [0.3, 0.4) is 0 Å². The van der Waals surface area contributed by atoms with Gasteiger partial charge in [0, 0.05) is 88.9 Å². The second-order valence-corrected chi connectivity index (χ2v) is 10.5. The topological polar surface area (TPSA) is 87.1 Å². The maximum absolute atomic E-state index is 13.7. The molecule has 4 rings (SSSR count). The average Bonchev–Trinajstić information content (AvgIpc) is 3.34. The summed E-state index contributed by atoms with van der Waals surface area (Å²) in [5, 5.41) is 3.55. The maximum Gasteiger partial charge on any atom is 0.264 e. The number of thiophene rings is 1. The van der Waals surface area contributed by atoms with Gasteiger partial charge in [0.15, 0.2) is 0 Å². The molecule has 1 saturated heterocycles. The number of hydrogen-bond donors (Lipinski definition) is 1. The predicted molar refractivity (Wildman–Crippen MR) is 148 cm³/mol. The zero-order valence-electron chi connectivity index (χ0n) is 22.0. The van der Waals surface area contributed by atoms with Crippen LogP contribution >= 0.6 is 11.3 Å². The summed E-state index contributed by atoms with van der Waals surface area (Å²) < 4.78 is 8.03. The Bertz CT molecular complexity index is 1330. The van der Waals surface area contributed by atoms with Crippen LogP contribution in [0, 0.1) is 0 Å². The Kier molecular flexibility index (Phi) is 8.63. The molecule has 0 unspecified atom stereocenters. The summed E-state index contributed by atoms with van der Waals surface area (Å²) in [5.74, 6) is 0.514. The molecule has 1 aliphatic heterocycles. The molecule has 10 heteroatoms. The summed E-state index contributed by atoms with van der Waals surface area (Å²) in [6.45, 7) is 5.66. The molecular formula is C27H35N5O4S. The van der Waals surface area contributed by atoms with E-state index in [0.717, 1.165) is 53.9 Å². The Morgan fingerprint density at radius 2 is 1.84 bits per heavy atom. The fourth-order valence-electron chi connectivity index (χ4n) is 4.48. The van der Waals surface area contributed by atoms with E-state index in [2.05, 4.69) is 22.2 Å². The van der Waals surface area contributed by atoms with Crippen molar-refractivity contribution in [1.29, 1.82) is 0 Å². The number of amides is 2. The zero-order chi connectivity index (χ0) is 26.5. The summed E-state index contributed by atoms with van der Waals surface area (Å²) >= 11 is 1.43. The van der Waals surface area contributed by atoms with Crippen LogP contribution in [0.5, 0.6) is 5.75 Å². The molecule has 3 aromatic rings. The monoisotopic (exact) mass is 525 g/mol. The van der Waals surface area contributed by atoms with Gasteiger partial charge < -0.3 is 24.4 Å². The van der Waals surface area contributed by atoms with Crippen LogP contribution in [0.1, 0.15) is 16.1 Å². The molecule has 1 fully saturated rings. The van der Waals surface area contributed by atoms with Gasteiger partial charge >= 0.3 is 0 Å². The van der Waals surface area contributed by atoms with Gasteiger partial charge in [-0.15, -0.1) is 11.3 Å². The SMILES string of the molecule is CNC(=O)CCN(CCN1CCN(C)CC1)C(=O)c1cc2cc(OC)cc(-c3ccc(=O)n(C)c3)c2s1. The number of carbonyl (C=O) groups excluding carboxylic acids is 2. The second-order valence-electron chi connectivity index (χ2n) is 9.43. The van der Waals surface area contributed by atoms with Gasteiger partial charge in [-0.25, -0.2) is 0 Å². The van der Waals surface area contributed by atoms with Crippen molar-refractivity contribution in [3.8, 4) is 16.9 Å². The highest BCUT2D eigenvalue weighted by atomic mass is 32.1. The summed E-state index contributed by atoms with van der Waals surface area (Å²) in [5.41, 5.74) is 1.69. The Morgan fingerprint density at radius 3 is 2.51 bits per heavy atom. The lowest BCUT2D eigenvalue weighted by Gasteiger charge is -2.34. The number of carbonyl (C=O) groups is 2. The molecule has 0 spiro atoms. The Hall–Kier alpha value is -3.21. The Morgan fingerprint density at radius 1 is 1.08 bits per heavy atom. The van der Waals surface area contributed by atoms with Gasteiger partial charge in [-0.3, -0.25) is 19.3 Å². The number of nitrogens with zero attached hydrogens (tertiary/aromatic N) is 4. The van der Waals surface area contributed by atoms with Crippen molar-refractivity contribution >= 4 is 33.2 Å². The molecule has 2 aromatic heterocycles. The van der Waals surface area contributed by atoms with E-state index in [9.17, 15) is 14.4 Å². The van der Waals surface area contributed by atoms with E-state index in [0.29, 0.717) is 23.7 Å². The largest absolute Gasteiger partial charge is 0.497 e. The molecular weight excluding hydrogens is 490 g/mol. The summed E-state index contributed by atoms with van der Waals surface area (Å²) in [7, 11) is 7.07. The summed E-state index contributed by atoms with van der Waals surface area (Å²) in [6.07, 6.45) is 2.05. The molecule has 1 aliphatic rings. The number of nitrogens with one attached hydrogen (secondary N) is 1. The highest BCUT2D eigenvalue weighted by Crippen LogP contribution is 2.38. The van der Waals surface area contributed by atoms with Crippen LogP contribution < -0.4 is 15.6 Å². The molecule has 2 amide bonds. The average molecular weight is 526 g/mol. The minimum absolute atomic E-state index is 0.0791. The van der Waals surface area contributed by atoms with E-state index in [4.69, 9.17) is 4.74 Å². The molecule has 1 aromatic carbocycles. The third-order valence-corrected chi connectivity index (χ3v) is 8.06. The van der Waals surface area contributed by atoms with Crippen molar-refractivity contribution in [3.63, 3.8) is 0 Å². The van der Waals surface area contributed by atoms with E-state index in [1.54, 1.807) is 49.0 Å². The van der Waals surface area contributed by atoms with Gasteiger partial charge in [0.05, 0.1) is 12.0 Å². The van der Waals surface area contributed by atoms with Crippen molar-refractivity contribution in [2.24, 2.45) is 7.05 Å². The lowest BCUT2D eigenvalue weighted by atomic mass is 10.1. The number of aromatic nitrogens is 1. The third kappa shape index (κ3) is 6.38. The number of piperazine rings is 1. The van der Waals surface area contributed by atoms with E-state index in [1.165, 1.54) is 11.3 Å². The first kappa shape index (κ1) is 26.8. The number of rotatable bonds is 9. The van der Waals surface area contributed by atoms with Crippen molar-refractivity contribution in [3.05, 3.63) is 51.8 Å². The fourth-order valence-corrected chi connectivity index (χ4v) is 5.63. The lowest BCUT2D eigenvalue weighted by Crippen LogP contribution is -2.48. The molecule has 0 radical (unpaired) electrons. The maximum atomic E-state index is 13.7. The van der Waals surface area contributed by atoms with Crippen LogP contribution in [0.2, 0.25) is 0 Å². The molecule has 0 bridgehead atoms. The highest BCUT2D eigenvalue weighted by Gasteiger charge is 2.22. The number of benzene rings is 1. The number of hydrogen-bond acceptors (Lipinski definition) is 7. The van der Waals surface area contributed by atoms with E-state index >= 15 is 0 Å². The Balaban J connectivity index is 1.64. The third-order valence-electron chi connectivity index (χ3n) is 6.89. The highest BCUT2D eigenvalue weighted by molar-refractivity contribution is 7.21. The van der Waals surface area contributed by atoms with Gasteiger partial charge in [0.25, 0.3) is 5.91 Å². The zero-order valence-corrected chi connectivity index (χ0v) is 22.8. The quantitative estimate of drug-likeness (QED) is 0.461. The first-order chi connectivity index (χ1) is 17.8. The van der Waals surface area contributed by atoms with Crippen molar-refractivity contribution in [1.82, 2.24) is 24.6 Å². The fraction of sp³-hybridized carbons (Fsp3) is 0.444. The molecule has 198 valence electrons. The van der Waals surface area contributed by atoms with E-state index in [1.807, 2.05) is 18.2 Å². The smallest absolute Gasteiger partial charge is 0.264 e. The van der Waals surface area contributed by atoms with Crippen molar-refractivity contribution < 1.29 is 14.3 Å². The molecule has 1 N–H and O–H groups in total. The number of pyridine rings is 1. The number of likely N-dealkylation sites (N-methyl/N-ethyl adjacent to an activating group) is 1. The van der Waals surface area contributed by atoms with Gasteiger partial charge in [-0.05, 0) is 42.3 Å². The molecule has 0 saturated carbocycles. The molecule has 0 aliphatic carbocycles. The summed E-state index contributed by atoms with van der Waals surface area (Å²) in [4.78, 5) is 44.7. The van der Waals surface area contributed by atoms with E-state index in [-0.39, 0.29) is 23.8 Å². The van der Waals surface area contributed by atoms with Crippen LogP contribution in [-0.2, 0) is 11.8 Å². The van der Waals surface area contributed by atoms with Crippen LogP contribution in [0.4, 0.5) is 0 Å². The van der Waals surface area contributed by atoms with Gasteiger partial charge in [-0.1, -0.05) is 0 Å². The predicted octanol–water partition coefficient (Wildman–Crippen LogP) is 2.10. The number of fused-ring (bicyclic) bond motifs is 1. The van der Waals surface area contributed by atoms with Crippen molar-refractivity contribution in [2.45, 2.75) is 6.42 Å². The van der Waals surface area contributed by atoms with Gasteiger partial charge in [-0.2, -0.15) is 0 Å². The summed E-state index contributed by atoms with van der Waals surface area (Å²) in [6, 6.07) is 9.10. The number of methoxy groups -OCH3 is 1. The van der Waals surface area contributed by atoms with Gasteiger partial charge in [0.1, 0.15) is 5.75 Å². The number of aryl methyl sites for hydroxylation is 1. The van der Waals surface area contributed by atoms with Crippen molar-refractivity contribution in [2.75, 3.05) is 67.0 Å². The second kappa shape index (κ2) is 11.9. The minimum Gasteiger partial charge on any atom is -0.497 e. The van der Waals surface area contributed by atoms with E-state index < -0.39 is 0 Å². The molecule has 37 heavy (non-hydrogen) atoms. The standard InChI is InChI=1S/C27H35N5O4S/c1-28-24(33)7-8-32(14-13-31-11-9-29(2)10-12-31)27(35)23-16-20-15-21(36-4)17-22(26(20)37-23)19-5-6-25(34)30(3)18-19/h5-6,15-18H,7-14H2,1-4H3,(H,28,33). The Labute approximate surface area is 221 Å². The van der Waals surface area contributed by atoms with Crippen LogP contribution in [0.25, 0.3) is 21.2 Å². The lowest BCUT2D eigenvalue weighted by molar-refractivity contribution is -0.120. The minimum atomic E-state index is -0.0875. The first-order valence-corrected chi connectivity index (χ1v) is 13.3. The van der Waals surface area contributed by atoms with Crippen LogP contribution in [0.15, 0.2) is 41.3 Å².